The van der Waals surface area contributed by atoms with E-state index < -0.39 is 6.10 Å². The number of aromatic amines is 4. The fourth-order valence-electron chi connectivity index (χ4n) is 10.2. The van der Waals surface area contributed by atoms with Gasteiger partial charge in [0.25, 0.3) is 28.1 Å². The van der Waals surface area contributed by atoms with Gasteiger partial charge in [0.1, 0.15) is 46.7 Å². The Labute approximate surface area is 472 Å². The monoisotopic (exact) mass is 1120 g/mol. The normalized spacial score (nSPS) is 13.4. The summed E-state index contributed by atoms with van der Waals surface area (Å²) >= 11 is 0. The molecule has 0 bridgehead atoms. The van der Waals surface area contributed by atoms with Crippen LogP contribution < -0.4 is 22.2 Å². The van der Waals surface area contributed by atoms with E-state index in [1.54, 1.807) is 19.9 Å². The maximum atomic E-state index is 12.3. The number of aliphatic hydroxyl groups is 2. The summed E-state index contributed by atoms with van der Waals surface area (Å²) in [5.74, 6) is 0.219. The number of rotatable bonds is 11. The minimum absolute atomic E-state index is 0.0304. The predicted molar refractivity (Wildman–Crippen MR) is 302 cm³/mol. The van der Waals surface area contributed by atoms with Gasteiger partial charge in [0.05, 0.1) is 47.2 Å². The van der Waals surface area contributed by atoms with Crippen LogP contribution >= 0.6 is 0 Å². The zero-order valence-corrected chi connectivity index (χ0v) is 46.8. The van der Waals surface area contributed by atoms with Crippen molar-refractivity contribution in [2.75, 3.05) is 0 Å². The highest BCUT2D eigenvalue weighted by molar-refractivity contribution is 5.98. The summed E-state index contributed by atoms with van der Waals surface area (Å²) in [6, 6.07) is 7.91. The lowest BCUT2D eigenvalue weighted by molar-refractivity contribution is 0.0924. The minimum Gasteiger partial charge on any atom is -0.390 e. The molecule has 0 aromatic carbocycles. The van der Waals surface area contributed by atoms with Crippen molar-refractivity contribution < 1.29 is 19.8 Å². The second kappa shape index (κ2) is 26.2. The number of carbonyl (C=O) groups is 2. The molecular formula is C57H60N18O8. The van der Waals surface area contributed by atoms with E-state index in [9.17, 15) is 39.0 Å². The maximum absolute atomic E-state index is 12.3. The summed E-state index contributed by atoms with van der Waals surface area (Å²) in [6.45, 7) is 16.4. The van der Waals surface area contributed by atoms with E-state index in [1.807, 2.05) is 52.1 Å². The molecule has 1 aliphatic carbocycles. The number of aliphatic hydroxyl groups excluding tert-OH is 2. The summed E-state index contributed by atoms with van der Waals surface area (Å²) in [6.07, 6.45) is 16.6. The van der Waals surface area contributed by atoms with Crippen molar-refractivity contribution in [1.29, 1.82) is 21.0 Å². The van der Waals surface area contributed by atoms with E-state index in [0.29, 0.717) is 53.5 Å². The first-order valence-electron chi connectivity index (χ1n) is 26.8. The molecule has 1 fully saturated rings. The highest BCUT2D eigenvalue weighted by atomic mass is 16.3. The Kier molecular flexibility index (Phi) is 19.0. The number of nitriles is 4. The van der Waals surface area contributed by atoms with Crippen molar-refractivity contribution in [3.63, 3.8) is 0 Å². The van der Waals surface area contributed by atoms with Crippen LogP contribution in [0.15, 0.2) is 74.0 Å². The highest BCUT2D eigenvalue weighted by Gasteiger charge is 2.38. The van der Waals surface area contributed by atoms with E-state index in [4.69, 9.17) is 21.0 Å². The largest absolute Gasteiger partial charge is 0.390 e. The van der Waals surface area contributed by atoms with Gasteiger partial charge in [-0.05, 0) is 71.6 Å². The van der Waals surface area contributed by atoms with Crippen molar-refractivity contribution in [1.82, 2.24) is 68.2 Å². The van der Waals surface area contributed by atoms with Crippen LogP contribution in [0.3, 0.4) is 0 Å². The number of aromatic nitrogens is 14. The molecule has 1 aliphatic heterocycles. The molecule has 2 aliphatic rings. The zero-order valence-electron chi connectivity index (χ0n) is 46.8. The second-order valence-electron chi connectivity index (χ2n) is 19.1. The SMILES string of the molecule is C=CCc1c(CO)nc2c(C#N)c[nH]n2c1=O.CCC1=C2CCCC2c2c(C#N)cnn2C1=O.CCCc1nc2c(C)c[nH]n2c(=O)c1CC.CCc1c(C(C)O)nc2c(C#N)c[nH]n2c1=O.CCc1c(C=O)nc2c(C#N)c[nH]n2c1=O. The molecule has 0 amide bonds. The Balaban J connectivity index is 0.000000149. The number of nitrogens with zero attached hydrogens (tertiary/aromatic N) is 14. The van der Waals surface area contributed by atoms with E-state index in [2.05, 4.69) is 65.0 Å². The van der Waals surface area contributed by atoms with Gasteiger partial charge >= 0.3 is 0 Å². The van der Waals surface area contributed by atoms with Gasteiger partial charge in [-0.2, -0.15) is 30.8 Å². The summed E-state index contributed by atoms with van der Waals surface area (Å²) in [7, 11) is 0. The maximum Gasteiger partial charge on any atom is 0.276 e. The Hall–Kier alpha value is -10.4. The lowest BCUT2D eigenvalue weighted by Crippen LogP contribution is -2.26. The third kappa shape index (κ3) is 11.4. The molecule has 2 atom stereocenters. The molecule has 0 spiro atoms. The minimum atomic E-state index is -0.830. The van der Waals surface area contributed by atoms with Crippen molar-refractivity contribution in [3.8, 4) is 24.3 Å². The van der Waals surface area contributed by atoms with Gasteiger partial charge in [-0.25, -0.2) is 38.0 Å². The van der Waals surface area contributed by atoms with Gasteiger partial charge in [0.2, 0.25) is 0 Å². The molecule has 6 N–H and O–H groups in total. The zero-order chi connectivity index (χ0) is 60.4. The van der Waals surface area contributed by atoms with E-state index >= 15 is 0 Å². The number of fused-ring (bicyclic) bond motifs is 7. The fraction of sp³-hybridized carbons (Fsp3) is 0.351. The molecule has 10 heterocycles. The van der Waals surface area contributed by atoms with E-state index in [0.717, 1.165) is 78.7 Å². The smallest absolute Gasteiger partial charge is 0.276 e. The van der Waals surface area contributed by atoms with E-state index in [-0.39, 0.29) is 85.7 Å². The average Bonchev–Trinajstić information content (AvgIpc) is 3.34. The highest BCUT2D eigenvalue weighted by Crippen LogP contribution is 2.45. The van der Waals surface area contributed by atoms with Crippen LogP contribution in [0.2, 0.25) is 0 Å². The first kappa shape index (κ1) is 60.2. The molecular weight excluding hydrogens is 1060 g/mol. The Bertz CT molecular complexity index is 4440. The van der Waals surface area contributed by atoms with Crippen LogP contribution in [-0.2, 0) is 38.7 Å². The van der Waals surface area contributed by atoms with Gasteiger partial charge in [0.15, 0.2) is 28.9 Å². The number of aryl methyl sites for hydroxylation is 2. The van der Waals surface area contributed by atoms with Crippen molar-refractivity contribution in [3.05, 3.63) is 175 Å². The number of H-pyrrole nitrogens is 4. The molecule has 83 heavy (non-hydrogen) atoms. The lowest BCUT2D eigenvalue weighted by atomic mass is 9.88. The van der Waals surface area contributed by atoms with Crippen LogP contribution in [0.1, 0.15) is 174 Å². The summed E-state index contributed by atoms with van der Waals surface area (Å²) in [4.78, 5) is 88.1. The quantitative estimate of drug-likeness (QED) is 0.0722. The molecule has 26 nitrogen and oxygen atoms in total. The van der Waals surface area contributed by atoms with Crippen LogP contribution in [0.25, 0.3) is 22.6 Å². The summed E-state index contributed by atoms with van der Waals surface area (Å²) < 4.78 is 6.56. The Morgan fingerprint density at radius 2 is 1.19 bits per heavy atom. The van der Waals surface area contributed by atoms with Gasteiger partial charge in [0, 0.05) is 64.1 Å². The summed E-state index contributed by atoms with van der Waals surface area (Å²) in [5, 5.41) is 69.4. The summed E-state index contributed by atoms with van der Waals surface area (Å²) in [5.41, 5.74) is 9.59. The number of allylic oxidation sites excluding steroid dienone is 3. The molecule has 426 valence electrons. The van der Waals surface area contributed by atoms with Crippen LogP contribution in [0.5, 0.6) is 0 Å². The van der Waals surface area contributed by atoms with Crippen molar-refractivity contribution >= 4 is 34.8 Å². The number of hydrogen-bond donors (Lipinski definition) is 6. The van der Waals surface area contributed by atoms with Crippen LogP contribution in [0.4, 0.5) is 0 Å². The van der Waals surface area contributed by atoms with Gasteiger partial charge in [-0.1, -0.05) is 52.7 Å². The number of carbonyl (C=O) groups excluding carboxylic acids is 2. The average molecular weight is 1130 g/mol. The second-order valence-corrected chi connectivity index (χ2v) is 19.1. The lowest BCUT2D eigenvalue weighted by Gasteiger charge is -2.23. The van der Waals surface area contributed by atoms with E-state index in [1.165, 1.54) is 53.1 Å². The van der Waals surface area contributed by atoms with Crippen molar-refractivity contribution in [2.24, 2.45) is 0 Å². The fourth-order valence-corrected chi connectivity index (χ4v) is 10.2. The molecule has 9 aromatic rings. The molecule has 9 aromatic heterocycles. The molecule has 0 radical (unpaired) electrons. The van der Waals surface area contributed by atoms with Crippen LogP contribution in [0, 0.1) is 52.2 Å². The molecule has 26 heteroatoms. The first-order chi connectivity index (χ1) is 40.0. The molecule has 2 unspecified atom stereocenters. The molecule has 0 saturated heterocycles. The number of nitrogens with one attached hydrogen (secondary N) is 4. The molecule has 1 saturated carbocycles. The molecule has 11 rings (SSSR count). The number of hydrogen-bond acceptors (Lipinski definition) is 17. The number of aldehydes is 1. The van der Waals surface area contributed by atoms with Gasteiger partial charge in [-0.3, -0.25) is 49.2 Å². The topological polar surface area (TPSA) is 388 Å². The van der Waals surface area contributed by atoms with Gasteiger partial charge in [-0.15, -0.1) is 6.58 Å². The standard InChI is InChI=1S/C13H13N3O.C12H17N3O.C11H12N4O2.C11H10N4O2.C10H8N4O2/c1-2-9-10-4-3-5-11(10)12-8(6-14)7-15-16(12)13(9)17;1-4-6-10-9(5-2)12(16)15-11(14-10)8(3)7-13-15;1-3-8-9(6(2)16)14-10-7(4-12)5-13-15(10)11(8)17;1-2-3-8-9(6-16)14-10-7(4-12)5-13-15(10)11(8)17;1-2-7-8(5-15)13-9-6(3-11)4-12-14(9)10(7)16/h7,11H,2-5H2,1H3;7,13H,4-6H2,1-3H3;5-6,13,16H,3H2,1-2H3;2,5,13,16H,1,3,6H2;4-5,12H,2H2,1H3. The third-order valence-corrected chi connectivity index (χ3v) is 14.2. The van der Waals surface area contributed by atoms with Crippen LogP contribution in [-0.4, -0.2) is 90.6 Å². The predicted octanol–water partition coefficient (Wildman–Crippen LogP) is 5.12. The van der Waals surface area contributed by atoms with Gasteiger partial charge < -0.3 is 10.2 Å². The first-order valence-corrected chi connectivity index (χ1v) is 26.8. The third-order valence-electron chi connectivity index (χ3n) is 14.2. The Morgan fingerprint density at radius 3 is 1.70 bits per heavy atom. The van der Waals surface area contributed by atoms with Crippen molar-refractivity contribution in [2.45, 2.75) is 131 Å². The Morgan fingerprint density at radius 1 is 0.687 bits per heavy atom.